The highest BCUT2D eigenvalue weighted by Crippen LogP contribution is 2.21. The summed E-state index contributed by atoms with van der Waals surface area (Å²) in [7, 11) is 1.52. The minimum absolute atomic E-state index is 0.0416. The predicted molar refractivity (Wildman–Crippen MR) is 108 cm³/mol. The molecule has 7 nitrogen and oxygen atoms in total. The summed E-state index contributed by atoms with van der Waals surface area (Å²) in [5.41, 5.74) is 3.56. The van der Waals surface area contributed by atoms with Gasteiger partial charge >= 0.3 is 12.0 Å². The van der Waals surface area contributed by atoms with Crippen molar-refractivity contribution in [2.75, 3.05) is 12.4 Å². The lowest BCUT2D eigenvalue weighted by atomic mass is 9.97. The number of carboxylic acid groups (broad SMARTS) is 1. The van der Waals surface area contributed by atoms with Crippen molar-refractivity contribution in [3.63, 3.8) is 0 Å². The number of hydrogen-bond acceptors (Lipinski definition) is 4. The Labute approximate surface area is 164 Å². The van der Waals surface area contributed by atoms with Crippen LogP contribution in [0.15, 0.2) is 36.4 Å². The zero-order valence-electron chi connectivity index (χ0n) is 16.3. The Hall–Kier alpha value is -3.35. The molecule has 0 atom stereocenters. The number of anilines is 1. The number of imide groups is 1. The van der Waals surface area contributed by atoms with Crippen molar-refractivity contribution in [2.24, 2.45) is 0 Å². The zero-order valence-corrected chi connectivity index (χ0v) is 16.3. The van der Waals surface area contributed by atoms with Gasteiger partial charge in [0.25, 0.3) is 5.91 Å². The van der Waals surface area contributed by atoms with Crippen molar-refractivity contribution in [1.29, 1.82) is 0 Å². The third kappa shape index (κ3) is 4.68. The van der Waals surface area contributed by atoms with Crippen molar-refractivity contribution in [1.82, 2.24) is 10.6 Å². The zero-order chi connectivity index (χ0) is 20.7. The van der Waals surface area contributed by atoms with Gasteiger partial charge in [-0.2, -0.15) is 0 Å². The molecule has 0 fully saturated rings. The standard InChI is InChI=1S/C21H25N3O4/c1-4-13-8-6-9-14(5-2)17(13)12-23-21(28)24-19(25)15-10-7-11-16(20(26)27)18(15)22-3/h6-11,22H,4-5,12H2,1-3H3,(H,26,27)(H2,23,24,25,28). The average molecular weight is 383 g/mol. The molecule has 0 heterocycles. The van der Waals surface area contributed by atoms with Crippen LogP contribution in [-0.2, 0) is 19.4 Å². The first-order valence-electron chi connectivity index (χ1n) is 9.15. The normalized spacial score (nSPS) is 10.2. The van der Waals surface area contributed by atoms with E-state index < -0.39 is 17.9 Å². The van der Waals surface area contributed by atoms with Crippen LogP contribution < -0.4 is 16.0 Å². The van der Waals surface area contributed by atoms with Crippen LogP contribution in [0.1, 0.15) is 51.3 Å². The van der Waals surface area contributed by atoms with Crippen LogP contribution >= 0.6 is 0 Å². The van der Waals surface area contributed by atoms with Crippen LogP contribution in [0.25, 0.3) is 0 Å². The topological polar surface area (TPSA) is 108 Å². The lowest BCUT2D eigenvalue weighted by Crippen LogP contribution is -2.39. The number of aryl methyl sites for hydroxylation is 2. The van der Waals surface area contributed by atoms with Gasteiger partial charge in [0.05, 0.1) is 16.8 Å². The molecule has 0 aliphatic heterocycles. The van der Waals surface area contributed by atoms with E-state index in [-0.39, 0.29) is 16.8 Å². The molecule has 0 bridgehead atoms. The largest absolute Gasteiger partial charge is 0.478 e. The van der Waals surface area contributed by atoms with Crippen molar-refractivity contribution < 1.29 is 19.5 Å². The summed E-state index contributed by atoms with van der Waals surface area (Å²) in [6.45, 7) is 4.41. The molecule has 0 aromatic heterocycles. The van der Waals surface area contributed by atoms with Gasteiger partial charge in [-0.15, -0.1) is 0 Å². The number of carbonyl (C=O) groups excluding carboxylic acids is 2. The van der Waals surface area contributed by atoms with Gasteiger partial charge in [-0.25, -0.2) is 9.59 Å². The summed E-state index contributed by atoms with van der Waals surface area (Å²) < 4.78 is 0. The summed E-state index contributed by atoms with van der Waals surface area (Å²) in [6, 6.07) is 9.72. The van der Waals surface area contributed by atoms with Crippen molar-refractivity contribution in [2.45, 2.75) is 33.2 Å². The molecule has 0 unspecified atom stereocenters. The first-order chi connectivity index (χ1) is 13.4. The monoisotopic (exact) mass is 383 g/mol. The van der Waals surface area contributed by atoms with Gasteiger partial charge in [-0.1, -0.05) is 38.1 Å². The number of carbonyl (C=O) groups is 3. The van der Waals surface area contributed by atoms with Crippen LogP contribution in [0.2, 0.25) is 0 Å². The fourth-order valence-corrected chi connectivity index (χ4v) is 3.15. The molecule has 0 saturated carbocycles. The molecule has 0 aliphatic carbocycles. The molecule has 2 aromatic carbocycles. The minimum Gasteiger partial charge on any atom is -0.478 e. The van der Waals surface area contributed by atoms with Crippen LogP contribution in [0, 0.1) is 0 Å². The Morgan fingerprint density at radius 1 is 0.929 bits per heavy atom. The van der Waals surface area contributed by atoms with Crippen LogP contribution in [0.4, 0.5) is 10.5 Å². The summed E-state index contributed by atoms with van der Waals surface area (Å²) in [6.07, 6.45) is 1.69. The van der Waals surface area contributed by atoms with E-state index in [4.69, 9.17) is 0 Å². The van der Waals surface area contributed by atoms with E-state index in [0.29, 0.717) is 6.54 Å². The molecule has 4 N–H and O–H groups in total. The third-order valence-corrected chi connectivity index (χ3v) is 4.57. The summed E-state index contributed by atoms with van der Waals surface area (Å²) in [5, 5.41) is 16.9. The van der Waals surface area contributed by atoms with Gasteiger partial charge in [0, 0.05) is 13.6 Å². The summed E-state index contributed by atoms with van der Waals surface area (Å²) >= 11 is 0. The molecular weight excluding hydrogens is 358 g/mol. The molecule has 2 aromatic rings. The molecule has 148 valence electrons. The van der Waals surface area contributed by atoms with Gasteiger partial charge in [-0.3, -0.25) is 10.1 Å². The molecule has 0 radical (unpaired) electrons. The first kappa shape index (κ1) is 21.0. The number of hydrogen-bond donors (Lipinski definition) is 4. The number of para-hydroxylation sites is 1. The average Bonchev–Trinajstić information content (AvgIpc) is 2.70. The van der Waals surface area contributed by atoms with Gasteiger partial charge in [-0.05, 0) is 41.7 Å². The molecule has 2 rings (SSSR count). The molecule has 0 saturated heterocycles. The fraction of sp³-hybridized carbons (Fsp3) is 0.286. The van der Waals surface area contributed by atoms with Gasteiger partial charge in [0.2, 0.25) is 0 Å². The Bertz CT molecular complexity index is 871. The second-order valence-electron chi connectivity index (χ2n) is 6.18. The molecule has 3 amide bonds. The maximum atomic E-state index is 12.5. The quantitative estimate of drug-likeness (QED) is 0.587. The first-order valence-corrected chi connectivity index (χ1v) is 9.15. The fourth-order valence-electron chi connectivity index (χ4n) is 3.15. The van der Waals surface area contributed by atoms with Crippen molar-refractivity contribution >= 4 is 23.6 Å². The number of carboxylic acids is 1. The van der Waals surface area contributed by atoms with Crippen molar-refractivity contribution in [3.8, 4) is 0 Å². The molecule has 7 heteroatoms. The highest BCUT2D eigenvalue weighted by atomic mass is 16.4. The highest BCUT2D eigenvalue weighted by Gasteiger charge is 2.19. The third-order valence-electron chi connectivity index (χ3n) is 4.57. The van der Waals surface area contributed by atoms with E-state index in [9.17, 15) is 19.5 Å². The summed E-state index contributed by atoms with van der Waals surface area (Å²) in [5.74, 6) is -1.84. The SMILES string of the molecule is CCc1cccc(CC)c1CNC(=O)NC(=O)c1cccc(C(=O)O)c1NC. The second-order valence-corrected chi connectivity index (χ2v) is 6.18. The highest BCUT2D eigenvalue weighted by molar-refractivity contribution is 6.10. The lowest BCUT2D eigenvalue weighted by Gasteiger charge is -2.15. The lowest BCUT2D eigenvalue weighted by molar-refractivity contribution is 0.0698. The van der Waals surface area contributed by atoms with E-state index in [1.807, 2.05) is 18.2 Å². The van der Waals surface area contributed by atoms with Gasteiger partial charge in [0.1, 0.15) is 0 Å². The number of aromatic carboxylic acids is 1. The molecule has 0 spiro atoms. The van der Waals surface area contributed by atoms with Gasteiger partial charge in [0.15, 0.2) is 0 Å². The maximum Gasteiger partial charge on any atom is 0.337 e. The van der Waals surface area contributed by atoms with E-state index in [2.05, 4.69) is 29.8 Å². The second kappa shape index (κ2) is 9.55. The van der Waals surface area contributed by atoms with E-state index >= 15 is 0 Å². The van der Waals surface area contributed by atoms with Gasteiger partial charge < -0.3 is 15.7 Å². The van der Waals surface area contributed by atoms with Crippen LogP contribution in [0.3, 0.4) is 0 Å². The number of amides is 3. The maximum absolute atomic E-state index is 12.5. The minimum atomic E-state index is -1.16. The van der Waals surface area contributed by atoms with Crippen LogP contribution in [-0.4, -0.2) is 30.1 Å². The van der Waals surface area contributed by atoms with E-state index in [0.717, 1.165) is 29.5 Å². The number of benzene rings is 2. The molecular formula is C21H25N3O4. The number of nitrogens with one attached hydrogen (secondary N) is 3. The molecule has 28 heavy (non-hydrogen) atoms. The Balaban J connectivity index is 2.12. The number of urea groups is 1. The Morgan fingerprint density at radius 3 is 2.04 bits per heavy atom. The number of rotatable bonds is 7. The van der Waals surface area contributed by atoms with E-state index in [1.54, 1.807) is 0 Å². The Morgan fingerprint density at radius 2 is 1.50 bits per heavy atom. The van der Waals surface area contributed by atoms with Crippen molar-refractivity contribution in [3.05, 3.63) is 64.2 Å². The predicted octanol–water partition coefficient (Wildman–Crippen LogP) is 3.19. The molecule has 0 aliphatic rings. The van der Waals surface area contributed by atoms with E-state index in [1.165, 1.54) is 25.2 Å². The Kier molecular flexibility index (Phi) is 7.14. The smallest absolute Gasteiger partial charge is 0.337 e. The van der Waals surface area contributed by atoms with Crippen LogP contribution in [0.5, 0.6) is 0 Å². The summed E-state index contributed by atoms with van der Waals surface area (Å²) in [4.78, 5) is 36.0.